The molecule has 3 heterocycles. The number of aliphatic hydroxyl groups is 1. The van der Waals surface area contributed by atoms with Crippen LogP contribution in [-0.4, -0.2) is 105 Å². The van der Waals surface area contributed by atoms with Gasteiger partial charge in [0.15, 0.2) is 5.82 Å². The van der Waals surface area contributed by atoms with Gasteiger partial charge in [0, 0.05) is 75.0 Å². The van der Waals surface area contributed by atoms with Crippen LogP contribution in [0.25, 0.3) is 28.3 Å². The molecular weight excluding hydrogens is 612 g/mol. The molecule has 1 radical (unpaired) electrons. The van der Waals surface area contributed by atoms with Crippen molar-refractivity contribution < 1.29 is 14.4 Å². The molecule has 0 spiro atoms. The zero-order chi connectivity index (χ0) is 30.9. The maximum Gasteiger partial charge on any atom is 0.439 e. The number of nitrogens with one attached hydrogen (secondary N) is 1. The van der Waals surface area contributed by atoms with Gasteiger partial charge < -0.3 is 9.84 Å². The number of hydrogen-bond donors (Lipinski definition) is 2. The Kier molecular flexibility index (Phi) is 10.5. The molecule has 5 aromatic rings. The molecule has 235 valence electrons. The van der Waals surface area contributed by atoms with Crippen LogP contribution < -0.4 is 11.3 Å². The molecule has 0 amide bonds. The first-order valence-electron chi connectivity index (χ1n) is 16.0. The molecule has 0 bridgehead atoms. The third-order valence-corrected chi connectivity index (χ3v) is 9.26. The number of aromatic nitrogens is 6. The van der Waals surface area contributed by atoms with Crippen LogP contribution in [0.2, 0.25) is 0 Å². The molecule has 1 unspecified atom stereocenters. The molecule has 0 aliphatic heterocycles. The van der Waals surface area contributed by atoms with E-state index in [9.17, 15) is 14.7 Å². The number of benzene rings is 2. The normalized spacial score (nSPS) is 18.8. The van der Waals surface area contributed by atoms with Gasteiger partial charge in [-0.2, -0.15) is 10.1 Å². The number of fused-ring (bicyclic) bond motifs is 1. The van der Waals surface area contributed by atoms with E-state index in [2.05, 4.69) is 27.1 Å². The van der Waals surface area contributed by atoms with Gasteiger partial charge in [0.1, 0.15) is 6.33 Å². The zero-order valence-corrected chi connectivity index (χ0v) is 29.5. The van der Waals surface area contributed by atoms with Crippen molar-refractivity contribution in [2.45, 2.75) is 83.0 Å². The Bertz CT molecular complexity index is 1900. The van der Waals surface area contributed by atoms with Crippen molar-refractivity contribution >= 4 is 57.2 Å². The topological polar surface area (TPSA) is 141 Å². The van der Waals surface area contributed by atoms with E-state index in [0.717, 1.165) is 84.9 Å². The molecule has 0 saturated heterocycles. The van der Waals surface area contributed by atoms with E-state index in [1.54, 1.807) is 0 Å². The predicted octanol–water partition coefficient (Wildman–Crippen LogP) is 4.34. The van der Waals surface area contributed by atoms with Crippen LogP contribution in [0.4, 0.5) is 0 Å². The Labute approximate surface area is 308 Å². The maximum absolute atomic E-state index is 14.3. The predicted molar refractivity (Wildman–Crippen MR) is 174 cm³/mol. The molecule has 1 atom stereocenters. The minimum atomic E-state index is -0.599. The summed E-state index contributed by atoms with van der Waals surface area (Å²) in [5.41, 5.74) is 5.29. The summed E-state index contributed by atoms with van der Waals surface area (Å²) in [5.74, 6) is 0.776. The molecule has 2 saturated carbocycles. The molecule has 7 rings (SSSR count). The summed E-state index contributed by atoms with van der Waals surface area (Å²) in [6.07, 6.45) is 8.83. The minimum Gasteiger partial charge on any atom is -0.390 e. The second-order valence-electron chi connectivity index (χ2n) is 12.4. The molecule has 2 N–H and O–H groups in total. The monoisotopic (exact) mass is 649 g/mol. The van der Waals surface area contributed by atoms with Crippen molar-refractivity contribution in [3.63, 3.8) is 0 Å². The number of ether oxygens (including phenoxy) is 1. The Morgan fingerprint density at radius 2 is 1.76 bits per heavy atom. The summed E-state index contributed by atoms with van der Waals surface area (Å²) >= 11 is 0. The van der Waals surface area contributed by atoms with Gasteiger partial charge in [-0.15, -0.1) is 0 Å². The van der Waals surface area contributed by atoms with Gasteiger partial charge in [0.2, 0.25) is 5.78 Å². The summed E-state index contributed by atoms with van der Waals surface area (Å²) < 4.78 is 14.5. The second kappa shape index (κ2) is 14.6. The first-order valence-corrected chi connectivity index (χ1v) is 16.0. The molecule has 3 aromatic heterocycles. The van der Waals surface area contributed by atoms with Gasteiger partial charge in [-0.1, -0.05) is 67.0 Å². The first-order chi connectivity index (χ1) is 22.0. The SMILES string of the molecule is CCCc1c(Cc2ccc(-c3ccccc3-c3noc(=O)[nH]3)cc2)c(=O)n(C2CCC(OCC(O)C3CC3)CC2)c2ncnn12.[K]. The third-order valence-electron chi connectivity index (χ3n) is 9.26. The van der Waals surface area contributed by atoms with E-state index in [1.165, 1.54) is 6.33 Å². The van der Waals surface area contributed by atoms with Crippen molar-refractivity contribution in [2.75, 3.05) is 6.61 Å². The van der Waals surface area contributed by atoms with E-state index >= 15 is 0 Å². The number of aliphatic hydroxyl groups excluding tert-OH is 1. The van der Waals surface area contributed by atoms with Crippen LogP contribution in [0.15, 0.2) is 69.0 Å². The first kappa shape index (κ1) is 33.2. The van der Waals surface area contributed by atoms with Crippen LogP contribution in [0, 0.1) is 5.92 Å². The van der Waals surface area contributed by atoms with Crippen molar-refractivity contribution in [3.05, 3.63) is 92.6 Å². The zero-order valence-electron chi connectivity index (χ0n) is 26.4. The average Bonchev–Trinajstić information content (AvgIpc) is 3.66. The quantitative estimate of drug-likeness (QED) is 0.202. The van der Waals surface area contributed by atoms with Crippen molar-refractivity contribution in [1.82, 2.24) is 29.3 Å². The summed E-state index contributed by atoms with van der Waals surface area (Å²) in [7, 11) is 0. The van der Waals surface area contributed by atoms with Crippen molar-refractivity contribution in [2.24, 2.45) is 5.92 Å². The van der Waals surface area contributed by atoms with Crippen LogP contribution in [-0.2, 0) is 17.6 Å². The minimum absolute atomic E-state index is 0. The van der Waals surface area contributed by atoms with Gasteiger partial charge in [0.25, 0.3) is 5.56 Å². The van der Waals surface area contributed by atoms with Crippen LogP contribution in [0.5, 0.6) is 0 Å². The average molecular weight is 650 g/mol. The summed E-state index contributed by atoms with van der Waals surface area (Å²) in [4.78, 5) is 33.1. The van der Waals surface area contributed by atoms with Gasteiger partial charge in [-0.05, 0) is 67.6 Å². The molecule has 12 heteroatoms. The van der Waals surface area contributed by atoms with Gasteiger partial charge in [-0.25, -0.2) is 9.31 Å². The Hall–Kier alpha value is -2.71. The molecular formula is C34H38KN6O5. The number of aryl methyl sites for hydroxylation is 1. The van der Waals surface area contributed by atoms with E-state index in [1.807, 2.05) is 57.6 Å². The number of H-pyrrole nitrogens is 1. The van der Waals surface area contributed by atoms with Crippen molar-refractivity contribution in [3.8, 4) is 22.5 Å². The van der Waals surface area contributed by atoms with E-state index in [4.69, 9.17) is 9.26 Å². The fraction of sp³-hybridized carbons (Fsp3) is 0.441. The molecule has 11 nitrogen and oxygen atoms in total. The number of aromatic amines is 1. The van der Waals surface area contributed by atoms with Gasteiger partial charge in [0.05, 0.1) is 24.5 Å². The standard InChI is InChI=1S/C34H38N6O5.K/c1-2-5-29-28(18-21-8-10-22(11-9-21)26-6-3-4-7-27(26)31-37-34(43)45-38-31)32(42)39(33-35-20-36-40(29)33)24-14-16-25(17-15-24)44-19-30(41)23-12-13-23;/h3-4,6-11,20,23-25,30,41H,2,5,12-19H2,1H3,(H,37,38,43);. The number of hydrogen-bond acceptors (Lipinski definition) is 8. The van der Waals surface area contributed by atoms with E-state index in [-0.39, 0.29) is 75.2 Å². The largest absolute Gasteiger partial charge is 0.439 e. The second-order valence-corrected chi connectivity index (χ2v) is 12.4. The maximum atomic E-state index is 14.3. The molecule has 2 aliphatic carbocycles. The molecule has 2 aromatic carbocycles. The fourth-order valence-electron chi connectivity index (χ4n) is 6.69. The van der Waals surface area contributed by atoms with Crippen LogP contribution in [0.3, 0.4) is 0 Å². The van der Waals surface area contributed by atoms with Crippen LogP contribution >= 0.6 is 0 Å². The number of rotatable bonds is 11. The molecule has 2 fully saturated rings. The fourth-order valence-corrected chi connectivity index (χ4v) is 6.69. The Morgan fingerprint density at radius 3 is 2.43 bits per heavy atom. The summed E-state index contributed by atoms with van der Waals surface area (Å²) in [6.45, 7) is 2.50. The smallest absolute Gasteiger partial charge is 0.390 e. The summed E-state index contributed by atoms with van der Waals surface area (Å²) in [5, 5.41) is 18.7. The van der Waals surface area contributed by atoms with E-state index < -0.39 is 5.76 Å². The van der Waals surface area contributed by atoms with E-state index in [0.29, 0.717) is 30.5 Å². The number of nitrogens with zero attached hydrogens (tertiary/aromatic N) is 5. The third kappa shape index (κ3) is 6.94. The van der Waals surface area contributed by atoms with Gasteiger partial charge >= 0.3 is 5.76 Å². The Morgan fingerprint density at radius 1 is 1.02 bits per heavy atom. The molecule has 46 heavy (non-hydrogen) atoms. The molecule has 2 aliphatic rings. The van der Waals surface area contributed by atoms with Crippen LogP contribution in [0.1, 0.15) is 74.7 Å². The van der Waals surface area contributed by atoms with Gasteiger partial charge in [-0.3, -0.25) is 18.9 Å². The summed E-state index contributed by atoms with van der Waals surface area (Å²) in [6, 6.07) is 15.8. The Balaban J connectivity index is 0.00000372. The van der Waals surface area contributed by atoms with Crippen molar-refractivity contribution in [1.29, 1.82) is 0 Å².